The van der Waals surface area contributed by atoms with Gasteiger partial charge in [-0.15, -0.1) is 0 Å². The minimum absolute atomic E-state index is 0.0737. The fourth-order valence-electron chi connectivity index (χ4n) is 2.56. The van der Waals surface area contributed by atoms with Crippen molar-refractivity contribution in [3.8, 4) is 11.5 Å². The molecule has 1 aliphatic heterocycles. The van der Waals surface area contributed by atoms with Crippen molar-refractivity contribution in [2.45, 2.75) is 19.9 Å². The summed E-state index contributed by atoms with van der Waals surface area (Å²) < 4.78 is 11.3. The lowest BCUT2D eigenvalue weighted by Gasteiger charge is -2.24. The summed E-state index contributed by atoms with van der Waals surface area (Å²) in [6.45, 7) is 6.24. The van der Waals surface area contributed by atoms with Crippen LogP contribution in [0.15, 0.2) is 22.9 Å². The first-order chi connectivity index (χ1) is 10.2. The van der Waals surface area contributed by atoms with E-state index in [-0.39, 0.29) is 6.04 Å². The molecule has 5 heteroatoms. The number of benzene rings is 1. The third-order valence-corrected chi connectivity index (χ3v) is 4.79. The summed E-state index contributed by atoms with van der Waals surface area (Å²) in [5, 5.41) is 8.55. The van der Waals surface area contributed by atoms with Crippen LogP contribution in [0.2, 0.25) is 5.02 Å². The van der Waals surface area contributed by atoms with E-state index in [2.05, 4.69) is 29.9 Å². The van der Waals surface area contributed by atoms with Gasteiger partial charge < -0.3 is 14.8 Å². The Kier molecular flexibility index (Phi) is 4.38. The predicted octanol–water partition coefficient (Wildman–Crippen LogP) is 4.18. The molecule has 1 aliphatic rings. The Hall–Kier alpha value is -1.23. The molecular formula is C16H18ClNO2S. The average molecular weight is 324 g/mol. The average Bonchev–Trinajstić information content (AvgIpc) is 2.90. The van der Waals surface area contributed by atoms with Gasteiger partial charge in [0.2, 0.25) is 0 Å². The van der Waals surface area contributed by atoms with Crippen molar-refractivity contribution in [2.24, 2.45) is 0 Å². The van der Waals surface area contributed by atoms with Gasteiger partial charge in [0.1, 0.15) is 13.2 Å². The zero-order valence-corrected chi connectivity index (χ0v) is 13.7. The minimum Gasteiger partial charge on any atom is -0.486 e. The second kappa shape index (κ2) is 6.26. The molecule has 0 fully saturated rings. The molecule has 1 unspecified atom stereocenters. The van der Waals surface area contributed by atoms with E-state index in [0.29, 0.717) is 18.2 Å². The van der Waals surface area contributed by atoms with Crippen LogP contribution in [0, 0.1) is 6.92 Å². The highest BCUT2D eigenvalue weighted by molar-refractivity contribution is 7.08. The van der Waals surface area contributed by atoms with Crippen LogP contribution in [0.1, 0.15) is 29.7 Å². The fraction of sp³-hybridized carbons (Fsp3) is 0.375. The lowest BCUT2D eigenvalue weighted by Crippen LogP contribution is -2.23. The van der Waals surface area contributed by atoms with Crippen LogP contribution >= 0.6 is 22.9 Å². The molecule has 1 aromatic carbocycles. The van der Waals surface area contributed by atoms with Crippen molar-refractivity contribution in [3.05, 3.63) is 44.6 Å². The summed E-state index contributed by atoms with van der Waals surface area (Å²) in [7, 11) is 0. The van der Waals surface area contributed by atoms with Crippen molar-refractivity contribution >= 4 is 22.9 Å². The van der Waals surface area contributed by atoms with E-state index in [1.165, 1.54) is 11.1 Å². The largest absolute Gasteiger partial charge is 0.486 e. The topological polar surface area (TPSA) is 30.5 Å². The normalized spacial score (nSPS) is 15.0. The maximum atomic E-state index is 6.49. The molecule has 21 heavy (non-hydrogen) atoms. The summed E-state index contributed by atoms with van der Waals surface area (Å²) in [6.07, 6.45) is 0. The standard InChI is InChI=1S/C16H18ClNO2S/c1-3-18-16(12-9-21-8-10(12)2)11-6-14-15(7-13(11)17)20-5-4-19-14/h6-9,16,18H,3-5H2,1-2H3. The lowest BCUT2D eigenvalue weighted by molar-refractivity contribution is 0.171. The van der Waals surface area contributed by atoms with Gasteiger partial charge in [-0.25, -0.2) is 0 Å². The minimum atomic E-state index is 0.0737. The van der Waals surface area contributed by atoms with Crippen LogP contribution in [0.5, 0.6) is 11.5 Å². The van der Waals surface area contributed by atoms with Crippen molar-refractivity contribution in [1.29, 1.82) is 0 Å². The van der Waals surface area contributed by atoms with Gasteiger partial charge in [-0.05, 0) is 47.0 Å². The van der Waals surface area contributed by atoms with Crippen LogP contribution in [-0.4, -0.2) is 19.8 Å². The van der Waals surface area contributed by atoms with Crippen LogP contribution in [0.4, 0.5) is 0 Å². The Morgan fingerprint density at radius 3 is 2.52 bits per heavy atom. The number of hydrogen-bond acceptors (Lipinski definition) is 4. The van der Waals surface area contributed by atoms with Gasteiger partial charge >= 0.3 is 0 Å². The molecule has 0 bridgehead atoms. The SMILES string of the molecule is CCNC(c1cscc1C)c1cc2c(cc1Cl)OCCO2. The third-order valence-electron chi connectivity index (χ3n) is 3.59. The smallest absolute Gasteiger partial charge is 0.162 e. The van der Waals surface area contributed by atoms with Crippen molar-refractivity contribution in [3.63, 3.8) is 0 Å². The van der Waals surface area contributed by atoms with Crippen LogP contribution in [-0.2, 0) is 0 Å². The highest BCUT2D eigenvalue weighted by Crippen LogP contribution is 2.40. The first-order valence-corrected chi connectivity index (χ1v) is 8.38. The van der Waals surface area contributed by atoms with E-state index in [1.807, 2.05) is 12.1 Å². The van der Waals surface area contributed by atoms with Gasteiger partial charge in [0.05, 0.1) is 6.04 Å². The Labute approximate surface area is 133 Å². The second-order valence-corrected chi connectivity index (χ2v) is 6.17. The zero-order chi connectivity index (χ0) is 14.8. The van der Waals surface area contributed by atoms with Gasteiger partial charge in [0.25, 0.3) is 0 Å². The number of fused-ring (bicyclic) bond motifs is 1. The number of hydrogen-bond donors (Lipinski definition) is 1. The monoisotopic (exact) mass is 323 g/mol. The summed E-state index contributed by atoms with van der Waals surface area (Å²) in [6, 6.07) is 3.93. The molecule has 0 spiro atoms. The molecule has 0 aliphatic carbocycles. The quantitative estimate of drug-likeness (QED) is 0.915. The molecule has 1 atom stereocenters. The lowest BCUT2D eigenvalue weighted by atomic mass is 9.97. The molecule has 0 saturated carbocycles. The molecule has 0 saturated heterocycles. The van der Waals surface area contributed by atoms with Gasteiger partial charge in [-0.1, -0.05) is 18.5 Å². The molecule has 2 aromatic rings. The number of nitrogens with one attached hydrogen (secondary N) is 1. The van der Waals surface area contributed by atoms with Crippen molar-refractivity contribution < 1.29 is 9.47 Å². The molecule has 1 N–H and O–H groups in total. The van der Waals surface area contributed by atoms with E-state index < -0.39 is 0 Å². The third kappa shape index (κ3) is 2.89. The summed E-state index contributed by atoms with van der Waals surface area (Å²) >= 11 is 8.20. The number of rotatable bonds is 4. The van der Waals surface area contributed by atoms with E-state index >= 15 is 0 Å². The van der Waals surface area contributed by atoms with E-state index in [4.69, 9.17) is 21.1 Å². The maximum Gasteiger partial charge on any atom is 0.162 e. The molecule has 2 heterocycles. The highest BCUT2D eigenvalue weighted by atomic mass is 35.5. The highest BCUT2D eigenvalue weighted by Gasteiger charge is 2.22. The Morgan fingerprint density at radius 2 is 1.90 bits per heavy atom. The van der Waals surface area contributed by atoms with Gasteiger partial charge in [0, 0.05) is 11.1 Å². The Balaban J connectivity index is 2.05. The van der Waals surface area contributed by atoms with Crippen LogP contribution in [0.25, 0.3) is 0 Å². The summed E-state index contributed by atoms with van der Waals surface area (Å²) in [4.78, 5) is 0. The van der Waals surface area contributed by atoms with Gasteiger partial charge in [0.15, 0.2) is 11.5 Å². The molecular weight excluding hydrogens is 306 g/mol. The number of aryl methyl sites for hydroxylation is 1. The second-order valence-electron chi connectivity index (χ2n) is 5.02. The van der Waals surface area contributed by atoms with E-state index in [0.717, 1.165) is 23.6 Å². The number of halogens is 1. The molecule has 3 rings (SSSR count). The Bertz CT molecular complexity index is 641. The number of ether oxygens (including phenoxy) is 2. The Morgan fingerprint density at radius 1 is 1.19 bits per heavy atom. The first kappa shape index (κ1) is 14.7. The number of thiophene rings is 1. The maximum absolute atomic E-state index is 6.49. The first-order valence-electron chi connectivity index (χ1n) is 7.05. The fourth-order valence-corrected chi connectivity index (χ4v) is 3.70. The van der Waals surface area contributed by atoms with Crippen molar-refractivity contribution in [1.82, 2.24) is 5.32 Å². The van der Waals surface area contributed by atoms with Gasteiger partial charge in [-0.2, -0.15) is 11.3 Å². The molecule has 0 amide bonds. The van der Waals surface area contributed by atoms with E-state index in [9.17, 15) is 0 Å². The van der Waals surface area contributed by atoms with Crippen molar-refractivity contribution in [2.75, 3.05) is 19.8 Å². The molecule has 1 aromatic heterocycles. The van der Waals surface area contributed by atoms with E-state index in [1.54, 1.807) is 11.3 Å². The molecule has 112 valence electrons. The van der Waals surface area contributed by atoms with Crippen LogP contribution < -0.4 is 14.8 Å². The molecule has 0 radical (unpaired) electrons. The molecule has 3 nitrogen and oxygen atoms in total. The predicted molar refractivity (Wildman–Crippen MR) is 87.0 cm³/mol. The van der Waals surface area contributed by atoms with Gasteiger partial charge in [-0.3, -0.25) is 0 Å². The van der Waals surface area contributed by atoms with Crippen LogP contribution in [0.3, 0.4) is 0 Å². The summed E-state index contributed by atoms with van der Waals surface area (Å²) in [5.74, 6) is 1.50. The summed E-state index contributed by atoms with van der Waals surface area (Å²) in [5.41, 5.74) is 3.57. The zero-order valence-electron chi connectivity index (χ0n) is 12.1.